The van der Waals surface area contributed by atoms with Crippen LogP contribution in [0.1, 0.15) is 31.9 Å². The lowest BCUT2D eigenvalue weighted by Gasteiger charge is -2.33. The average Bonchev–Trinajstić information content (AvgIpc) is 2.89. The van der Waals surface area contributed by atoms with Crippen molar-refractivity contribution >= 4 is 21.8 Å². The van der Waals surface area contributed by atoms with E-state index in [1.54, 1.807) is 12.1 Å². The molecule has 0 bridgehead atoms. The zero-order valence-electron chi connectivity index (χ0n) is 14.8. The van der Waals surface area contributed by atoms with Crippen molar-refractivity contribution in [3.63, 3.8) is 0 Å². The fourth-order valence-electron chi connectivity index (χ4n) is 4.19. The number of rotatable bonds is 3. The second-order valence-electron chi connectivity index (χ2n) is 7.18. The highest BCUT2D eigenvalue weighted by Gasteiger charge is 2.21. The molecule has 4 nitrogen and oxygen atoms in total. The highest BCUT2D eigenvalue weighted by Crippen LogP contribution is 2.33. The zero-order valence-corrected chi connectivity index (χ0v) is 14.8. The minimum atomic E-state index is -0.457. The van der Waals surface area contributed by atoms with Crippen molar-refractivity contribution in [3.05, 3.63) is 35.9 Å². The number of likely N-dealkylation sites (tertiary alicyclic amines) is 1. The van der Waals surface area contributed by atoms with E-state index >= 15 is 0 Å². The van der Waals surface area contributed by atoms with Gasteiger partial charge in [0.05, 0.1) is 16.7 Å². The van der Waals surface area contributed by atoms with Crippen molar-refractivity contribution in [2.45, 2.75) is 45.7 Å². The molecule has 1 fully saturated rings. The number of aromatic hydroxyl groups is 1. The lowest BCUT2D eigenvalue weighted by atomic mass is 10.1. The molecule has 25 heavy (non-hydrogen) atoms. The van der Waals surface area contributed by atoms with Crippen LogP contribution in [0.25, 0.3) is 21.8 Å². The molecule has 4 rings (SSSR count). The summed E-state index contributed by atoms with van der Waals surface area (Å²) in [5, 5.41) is 11.8. The van der Waals surface area contributed by atoms with E-state index < -0.39 is 5.95 Å². The van der Waals surface area contributed by atoms with Gasteiger partial charge in [0.2, 0.25) is 5.95 Å². The monoisotopic (exact) mass is 341 g/mol. The maximum Gasteiger partial charge on any atom is 0.213 e. The topological polar surface area (TPSA) is 41.3 Å². The lowest BCUT2D eigenvalue weighted by molar-refractivity contribution is 0.161. The van der Waals surface area contributed by atoms with Gasteiger partial charge in [0.15, 0.2) is 0 Å². The number of aryl methyl sites for hydroxylation is 1. The summed E-state index contributed by atoms with van der Waals surface area (Å²) in [6, 6.07) is 7.19. The fraction of sp³-hybridized carbons (Fsp3) is 0.450. The Kier molecular flexibility index (Phi) is 4.12. The molecule has 132 valence electrons. The van der Waals surface area contributed by atoms with E-state index in [9.17, 15) is 9.50 Å². The maximum absolute atomic E-state index is 13.9. The number of nitrogens with zero attached hydrogens (tertiary/aromatic N) is 3. The normalized spacial score (nSPS) is 17.4. The SMILES string of the molecule is Cc1nc(F)cc2c3ccc(O)cc3n(CC(C)N3CCCCC3)c12. The quantitative estimate of drug-likeness (QED) is 0.725. The molecular weight excluding hydrogens is 317 g/mol. The van der Waals surface area contributed by atoms with E-state index in [2.05, 4.69) is 21.4 Å². The number of pyridine rings is 1. The van der Waals surface area contributed by atoms with Crippen molar-refractivity contribution in [1.82, 2.24) is 14.5 Å². The summed E-state index contributed by atoms with van der Waals surface area (Å²) in [5.41, 5.74) is 2.59. The van der Waals surface area contributed by atoms with Crippen LogP contribution in [0.15, 0.2) is 24.3 Å². The van der Waals surface area contributed by atoms with Gasteiger partial charge in [-0.1, -0.05) is 6.42 Å². The zero-order chi connectivity index (χ0) is 17.6. The van der Waals surface area contributed by atoms with Gasteiger partial charge in [-0.2, -0.15) is 4.39 Å². The highest BCUT2D eigenvalue weighted by atomic mass is 19.1. The van der Waals surface area contributed by atoms with E-state index in [0.29, 0.717) is 11.7 Å². The van der Waals surface area contributed by atoms with Gasteiger partial charge in [-0.15, -0.1) is 0 Å². The third-order valence-electron chi connectivity index (χ3n) is 5.43. The molecule has 1 unspecified atom stereocenters. The molecule has 5 heteroatoms. The van der Waals surface area contributed by atoms with Gasteiger partial charge in [0.1, 0.15) is 5.75 Å². The van der Waals surface area contributed by atoms with Crippen LogP contribution in [0.2, 0.25) is 0 Å². The number of phenols is 1. The third kappa shape index (κ3) is 2.86. The van der Waals surface area contributed by atoms with E-state index in [1.807, 2.05) is 13.0 Å². The lowest BCUT2D eigenvalue weighted by Crippen LogP contribution is -2.39. The number of halogens is 1. The van der Waals surface area contributed by atoms with Gasteiger partial charge >= 0.3 is 0 Å². The van der Waals surface area contributed by atoms with Gasteiger partial charge in [0, 0.05) is 35.5 Å². The molecule has 0 spiro atoms. The van der Waals surface area contributed by atoms with Crippen LogP contribution in [0.5, 0.6) is 5.75 Å². The maximum atomic E-state index is 13.9. The molecule has 0 aliphatic carbocycles. The van der Waals surface area contributed by atoms with Gasteiger partial charge in [-0.3, -0.25) is 4.90 Å². The number of benzene rings is 1. The molecule has 1 aliphatic heterocycles. The summed E-state index contributed by atoms with van der Waals surface area (Å²) < 4.78 is 16.1. The van der Waals surface area contributed by atoms with Gasteiger partial charge in [-0.25, -0.2) is 4.98 Å². The molecule has 3 heterocycles. The number of hydrogen-bond acceptors (Lipinski definition) is 3. The molecule has 0 radical (unpaired) electrons. The predicted octanol–water partition coefficient (Wildman–Crippen LogP) is 4.22. The van der Waals surface area contributed by atoms with Crippen molar-refractivity contribution in [1.29, 1.82) is 0 Å². The van der Waals surface area contributed by atoms with Gasteiger partial charge in [-0.05, 0) is 51.9 Å². The van der Waals surface area contributed by atoms with E-state index in [4.69, 9.17) is 0 Å². The number of aromatic nitrogens is 2. The fourth-order valence-corrected chi connectivity index (χ4v) is 4.19. The van der Waals surface area contributed by atoms with E-state index in [0.717, 1.165) is 41.4 Å². The smallest absolute Gasteiger partial charge is 0.213 e. The Bertz CT molecular complexity index is 928. The first-order valence-electron chi connectivity index (χ1n) is 9.06. The first-order chi connectivity index (χ1) is 12.0. The molecular formula is C20H24FN3O. The first-order valence-corrected chi connectivity index (χ1v) is 9.06. The summed E-state index contributed by atoms with van der Waals surface area (Å²) in [5.74, 6) is -0.227. The molecule has 1 saturated heterocycles. The molecule has 1 aromatic carbocycles. The van der Waals surface area contributed by atoms with Crippen LogP contribution >= 0.6 is 0 Å². The predicted molar refractivity (Wildman–Crippen MR) is 98.5 cm³/mol. The third-order valence-corrected chi connectivity index (χ3v) is 5.43. The Morgan fingerprint density at radius 2 is 1.92 bits per heavy atom. The Labute approximate surface area is 146 Å². The van der Waals surface area contributed by atoms with Gasteiger partial charge < -0.3 is 9.67 Å². The Morgan fingerprint density at radius 1 is 1.16 bits per heavy atom. The van der Waals surface area contributed by atoms with Crippen molar-refractivity contribution in [2.24, 2.45) is 0 Å². The summed E-state index contributed by atoms with van der Waals surface area (Å²) in [6.07, 6.45) is 3.82. The molecule has 1 atom stereocenters. The number of hydrogen-bond donors (Lipinski definition) is 1. The number of fused-ring (bicyclic) bond motifs is 3. The van der Waals surface area contributed by atoms with Crippen molar-refractivity contribution in [2.75, 3.05) is 13.1 Å². The van der Waals surface area contributed by atoms with Crippen LogP contribution in [0.4, 0.5) is 4.39 Å². The molecule has 0 saturated carbocycles. The second kappa shape index (κ2) is 6.30. The van der Waals surface area contributed by atoms with Crippen LogP contribution in [0, 0.1) is 12.9 Å². The Morgan fingerprint density at radius 3 is 2.68 bits per heavy atom. The summed E-state index contributed by atoms with van der Waals surface area (Å²) >= 11 is 0. The molecule has 0 amide bonds. The van der Waals surface area contributed by atoms with Gasteiger partial charge in [0.25, 0.3) is 0 Å². The summed E-state index contributed by atoms with van der Waals surface area (Å²) in [6.45, 7) is 7.17. The molecule has 3 aromatic rings. The first kappa shape index (κ1) is 16.3. The number of piperidine rings is 1. The number of phenolic OH excluding ortho intramolecular Hbond substituents is 1. The molecule has 1 N–H and O–H groups in total. The standard InChI is InChI=1S/C20H24FN3O/c1-13(23-8-4-3-5-9-23)12-24-18-10-15(25)6-7-16(18)17-11-19(21)22-14(2)20(17)24/h6-7,10-11,13,25H,3-5,8-9,12H2,1-2H3. The minimum absolute atomic E-state index is 0.230. The summed E-state index contributed by atoms with van der Waals surface area (Å²) in [7, 11) is 0. The second-order valence-corrected chi connectivity index (χ2v) is 7.18. The van der Waals surface area contributed by atoms with Crippen LogP contribution < -0.4 is 0 Å². The van der Waals surface area contributed by atoms with Crippen molar-refractivity contribution in [3.8, 4) is 5.75 Å². The Balaban J connectivity index is 1.86. The van der Waals surface area contributed by atoms with Crippen molar-refractivity contribution < 1.29 is 9.50 Å². The molecule has 1 aliphatic rings. The largest absolute Gasteiger partial charge is 0.508 e. The van der Waals surface area contributed by atoms with Crippen LogP contribution in [0.3, 0.4) is 0 Å². The average molecular weight is 341 g/mol. The van der Waals surface area contributed by atoms with Crippen LogP contribution in [-0.2, 0) is 6.54 Å². The van der Waals surface area contributed by atoms with Crippen LogP contribution in [-0.4, -0.2) is 38.7 Å². The Hall–Kier alpha value is -2.14. The van der Waals surface area contributed by atoms with E-state index in [1.165, 1.54) is 25.3 Å². The van der Waals surface area contributed by atoms with E-state index in [-0.39, 0.29) is 5.75 Å². The highest BCUT2D eigenvalue weighted by molar-refractivity contribution is 6.09. The molecule has 2 aromatic heterocycles. The minimum Gasteiger partial charge on any atom is -0.508 e. The summed E-state index contributed by atoms with van der Waals surface area (Å²) in [4.78, 5) is 6.56.